The fourth-order valence-electron chi connectivity index (χ4n) is 3.40. The van der Waals surface area contributed by atoms with Gasteiger partial charge in [-0.2, -0.15) is 0 Å². The zero-order valence-corrected chi connectivity index (χ0v) is 19.0. The summed E-state index contributed by atoms with van der Waals surface area (Å²) in [6.07, 6.45) is 1.03. The van der Waals surface area contributed by atoms with Crippen molar-refractivity contribution in [3.63, 3.8) is 0 Å². The quantitative estimate of drug-likeness (QED) is 0.519. The van der Waals surface area contributed by atoms with E-state index in [1.54, 1.807) is 17.0 Å². The number of carbonyl (C=O) groups is 1. The van der Waals surface area contributed by atoms with Crippen LogP contribution in [-0.2, 0) is 14.8 Å². The molecule has 166 valence electrons. The van der Waals surface area contributed by atoms with Crippen LogP contribution < -0.4 is 10.0 Å². The number of hydrogen-bond acceptors (Lipinski definition) is 5. The molecule has 7 nitrogen and oxygen atoms in total. The average molecular weight is 484 g/mol. The predicted octanol–water partition coefficient (Wildman–Crippen LogP) is 3.83. The molecule has 1 fully saturated rings. The standard InChI is InChI=1S/C21H23Cl2N3O4S/c1-2-31(29,30)25-14-7-9-26(10-8-14)21(28)13-24-19-11-16(18(23)12-20(19)27)15-5-3-4-6-17(15)22/h2-6,11-12,14,24-25,27H,1,7-10,13H2. The zero-order chi connectivity index (χ0) is 22.6. The summed E-state index contributed by atoms with van der Waals surface area (Å²) >= 11 is 12.5. The minimum absolute atomic E-state index is 0.0276. The number of phenols is 1. The van der Waals surface area contributed by atoms with Crippen LogP contribution in [0.1, 0.15) is 12.8 Å². The van der Waals surface area contributed by atoms with E-state index < -0.39 is 10.0 Å². The van der Waals surface area contributed by atoms with Gasteiger partial charge in [-0.25, -0.2) is 13.1 Å². The highest BCUT2D eigenvalue weighted by Crippen LogP contribution is 2.39. The van der Waals surface area contributed by atoms with E-state index in [-0.39, 0.29) is 24.2 Å². The molecule has 0 atom stereocenters. The van der Waals surface area contributed by atoms with Gasteiger partial charge in [-0.15, -0.1) is 0 Å². The van der Waals surface area contributed by atoms with Crippen LogP contribution in [0.4, 0.5) is 5.69 Å². The number of benzene rings is 2. The van der Waals surface area contributed by atoms with Gasteiger partial charge in [-0.1, -0.05) is 48.0 Å². The van der Waals surface area contributed by atoms with E-state index in [9.17, 15) is 18.3 Å². The average Bonchev–Trinajstić information content (AvgIpc) is 2.74. The lowest BCUT2D eigenvalue weighted by Gasteiger charge is -2.32. The Kier molecular flexibility index (Phi) is 7.48. The van der Waals surface area contributed by atoms with Crippen LogP contribution in [-0.4, -0.2) is 50.0 Å². The molecule has 0 bridgehead atoms. The highest BCUT2D eigenvalue weighted by atomic mass is 35.5. The number of nitrogens with zero attached hydrogens (tertiary/aromatic N) is 1. The van der Waals surface area contributed by atoms with Crippen molar-refractivity contribution in [2.45, 2.75) is 18.9 Å². The maximum absolute atomic E-state index is 12.6. The number of amides is 1. The maximum Gasteiger partial charge on any atom is 0.241 e. The first-order chi connectivity index (χ1) is 14.7. The second kappa shape index (κ2) is 9.91. The highest BCUT2D eigenvalue weighted by molar-refractivity contribution is 7.92. The molecular weight excluding hydrogens is 461 g/mol. The third-order valence-electron chi connectivity index (χ3n) is 5.08. The first-order valence-corrected chi connectivity index (χ1v) is 11.9. The minimum Gasteiger partial charge on any atom is -0.506 e. The molecule has 3 rings (SSSR count). The third-order valence-corrected chi connectivity index (χ3v) is 6.82. The summed E-state index contributed by atoms with van der Waals surface area (Å²) in [4.78, 5) is 14.2. The van der Waals surface area contributed by atoms with Gasteiger partial charge in [0.15, 0.2) is 0 Å². The van der Waals surface area contributed by atoms with Gasteiger partial charge in [0.05, 0.1) is 17.3 Å². The minimum atomic E-state index is -3.49. The number of sulfonamides is 1. The van der Waals surface area contributed by atoms with Crippen LogP contribution in [0.3, 0.4) is 0 Å². The molecule has 2 aromatic carbocycles. The molecule has 2 aromatic rings. The van der Waals surface area contributed by atoms with Gasteiger partial charge < -0.3 is 15.3 Å². The van der Waals surface area contributed by atoms with Crippen LogP contribution >= 0.6 is 23.2 Å². The Labute approximate surface area is 191 Å². The molecule has 0 radical (unpaired) electrons. The van der Waals surface area contributed by atoms with Gasteiger partial charge in [0.25, 0.3) is 0 Å². The molecule has 1 aliphatic heterocycles. The Morgan fingerprint density at radius 3 is 2.48 bits per heavy atom. The Morgan fingerprint density at radius 2 is 1.84 bits per heavy atom. The maximum atomic E-state index is 12.6. The second-order valence-electron chi connectivity index (χ2n) is 7.17. The van der Waals surface area contributed by atoms with Gasteiger partial charge >= 0.3 is 0 Å². The number of hydrogen-bond donors (Lipinski definition) is 3. The Bertz CT molecular complexity index is 1080. The van der Waals surface area contributed by atoms with Crippen molar-refractivity contribution in [2.75, 3.05) is 25.0 Å². The molecule has 0 unspecified atom stereocenters. The summed E-state index contributed by atoms with van der Waals surface area (Å²) in [6, 6.07) is 10.0. The first-order valence-electron chi connectivity index (χ1n) is 9.64. The van der Waals surface area contributed by atoms with Gasteiger partial charge in [0.1, 0.15) is 5.75 Å². The Morgan fingerprint density at radius 1 is 1.16 bits per heavy atom. The summed E-state index contributed by atoms with van der Waals surface area (Å²) < 4.78 is 25.7. The van der Waals surface area contributed by atoms with E-state index in [4.69, 9.17) is 23.2 Å². The Balaban J connectivity index is 1.63. The molecule has 0 saturated carbocycles. The topological polar surface area (TPSA) is 98.7 Å². The molecule has 1 heterocycles. The molecule has 10 heteroatoms. The molecule has 1 amide bonds. The fraction of sp³-hybridized carbons (Fsp3) is 0.286. The molecule has 0 spiro atoms. The fourth-order valence-corrected chi connectivity index (χ4v) is 4.69. The number of rotatable bonds is 7. The number of piperidine rings is 1. The van der Waals surface area contributed by atoms with Crippen molar-refractivity contribution in [2.24, 2.45) is 0 Å². The number of phenolic OH excluding ortho intramolecular Hbond substituents is 1. The summed E-state index contributed by atoms with van der Waals surface area (Å²) in [5.41, 5.74) is 1.71. The summed E-state index contributed by atoms with van der Waals surface area (Å²) in [7, 11) is -3.49. The molecule has 0 aromatic heterocycles. The van der Waals surface area contributed by atoms with Crippen LogP contribution in [0, 0.1) is 0 Å². The van der Waals surface area contributed by atoms with Crippen molar-refractivity contribution in [1.82, 2.24) is 9.62 Å². The monoisotopic (exact) mass is 483 g/mol. The number of likely N-dealkylation sites (tertiary alicyclic amines) is 1. The molecule has 0 aliphatic carbocycles. The predicted molar refractivity (Wildman–Crippen MR) is 124 cm³/mol. The normalized spacial score (nSPS) is 15.0. The molecule has 1 saturated heterocycles. The second-order valence-corrected chi connectivity index (χ2v) is 9.64. The number of carbonyl (C=O) groups excluding carboxylic acids is 1. The number of aromatic hydroxyl groups is 1. The van der Waals surface area contributed by atoms with Gasteiger partial charge in [-0.3, -0.25) is 4.79 Å². The lowest BCUT2D eigenvalue weighted by atomic mass is 10.0. The largest absolute Gasteiger partial charge is 0.506 e. The number of nitrogens with one attached hydrogen (secondary N) is 2. The summed E-state index contributed by atoms with van der Waals surface area (Å²) in [5.74, 6) is -0.232. The summed E-state index contributed by atoms with van der Waals surface area (Å²) in [6.45, 7) is 4.12. The van der Waals surface area contributed by atoms with Gasteiger partial charge in [0, 0.05) is 46.8 Å². The first kappa shape index (κ1) is 23.4. The van der Waals surface area contributed by atoms with Crippen LogP contribution in [0.25, 0.3) is 11.1 Å². The van der Waals surface area contributed by atoms with E-state index in [1.165, 1.54) is 6.07 Å². The van der Waals surface area contributed by atoms with E-state index in [0.29, 0.717) is 52.8 Å². The van der Waals surface area contributed by atoms with Crippen molar-refractivity contribution in [3.8, 4) is 16.9 Å². The SMILES string of the molecule is C=CS(=O)(=O)NC1CCN(C(=O)CNc2cc(-c3ccccc3Cl)c(Cl)cc2O)CC1. The van der Waals surface area contributed by atoms with E-state index in [0.717, 1.165) is 5.41 Å². The summed E-state index contributed by atoms with van der Waals surface area (Å²) in [5, 5.41) is 14.9. The number of halogens is 2. The smallest absolute Gasteiger partial charge is 0.241 e. The van der Waals surface area contributed by atoms with Crippen LogP contribution in [0.5, 0.6) is 5.75 Å². The number of anilines is 1. The molecule has 1 aliphatic rings. The van der Waals surface area contributed by atoms with Crippen molar-refractivity contribution in [1.29, 1.82) is 0 Å². The zero-order valence-electron chi connectivity index (χ0n) is 16.6. The van der Waals surface area contributed by atoms with Gasteiger partial charge in [0.2, 0.25) is 15.9 Å². The third kappa shape index (κ3) is 5.92. The highest BCUT2D eigenvalue weighted by Gasteiger charge is 2.25. The van der Waals surface area contributed by atoms with Crippen molar-refractivity contribution >= 4 is 44.8 Å². The van der Waals surface area contributed by atoms with E-state index >= 15 is 0 Å². The van der Waals surface area contributed by atoms with E-state index in [1.807, 2.05) is 18.2 Å². The molecule has 3 N–H and O–H groups in total. The van der Waals surface area contributed by atoms with Crippen molar-refractivity contribution < 1.29 is 18.3 Å². The van der Waals surface area contributed by atoms with Crippen LogP contribution in [0.15, 0.2) is 48.4 Å². The van der Waals surface area contributed by atoms with Crippen molar-refractivity contribution in [3.05, 3.63) is 58.4 Å². The lowest BCUT2D eigenvalue weighted by molar-refractivity contribution is -0.130. The van der Waals surface area contributed by atoms with Crippen LogP contribution in [0.2, 0.25) is 10.0 Å². The van der Waals surface area contributed by atoms with E-state index in [2.05, 4.69) is 16.6 Å². The lowest BCUT2D eigenvalue weighted by Crippen LogP contribution is -2.47. The van der Waals surface area contributed by atoms with Gasteiger partial charge in [-0.05, 0) is 25.0 Å². The molecule has 31 heavy (non-hydrogen) atoms. The Hall–Kier alpha value is -2.26. The molecular formula is C21H23Cl2N3O4S.